The second kappa shape index (κ2) is 9.30. The first-order valence-corrected chi connectivity index (χ1v) is 12.3. The zero-order chi connectivity index (χ0) is 26.2. The number of nitrogen functional groups attached to an aromatic ring is 1. The quantitative estimate of drug-likeness (QED) is 0.170. The highest BCUT2D eigenvalue weighted by Gasteiger charge is 2.14. The standard InChI is InChI=1S/C23H16N2O.C10H8N2/c24-19-13-14-22(16-8-2-1-7-15(16)19)25-20-11-5-3-9-17(20)23(26)18-10-4-6-12-21(18)25;11-9-6-5-7-3-1-2-4-8(7)10(9)12/h1-14H,24H2;1-6,11-12H. The van der Waals surface area contributed by atoms with Gasteiger partial charge in [-0.3, -0.25) is 15.6 Å². The van der Waals surface area contributed by atoms with E-state index in [4.69, 9.17) is 16.6 Å². The third-order valence-corrected chi connectivity index (χ3v) is 6.88. The fraction of sp³-hybridized carbons (Fsp3) is 0. The number of hydrogen-bond acceptors (Lipinski definition) is 4. The van der Waals surface area contributed by atoms with Crippen molar-refractivity contribution in [1.29, 1.82) is 10.8 Å². The van der Waals surface area contributed by atoms with E-state index >= 15 is 0 Å². The van der Waals surface area contributed by atoms with Crippen molar-refractivity contribution in [2.45, 2.75) is 0 Å². The fourth-order valence-electron chi connectivity index (χ4n) is 5.03. The van der Waals surface area contributed by atoms with Crippen LogP contribution >= 0.6 is 0 Å². The summed E-state index contributed by atoms with van der Waals surface area (Å²) in [7, 11) is 0. The maximum Gasteiger partial charge on any atom is 0.197 e. The summed E-state index contributed by atoms with van der Waals surface area (Å²) < 4.78 is 2.16. The second-order valence-electron chi connectivity index (χ2n) is 9.13. The van der Waals surface area contributed by atoms with Crippen LogP contribution in [0.5, 0.6) is 0 Å². The molecule has 1 heterocycles. The predicted octanol–water partition coefficient (Wildman–Crippen LogP) is 6.98. The lowest BCUT2D eigenvalue weighted by atomic mass is 9.94. The van der Waals surface area contributed by atoms with E-state index in [2.05, 4.69) is 10.6 Å². The number of anilines is 1. The van der Waals surface area contributed by atoms with Gasteiger partial charge in [0.2, 0.25) is 0 Å². The number of benzene rings is 5. The van der Waals surface area contributed by atoms with Gasteiger partial charge in [0, 0.05) is 32.8 Å². The molecule has 5 aromatic carbocycles. The molecule has 0 radical (unpaired) electrons. The number of fused-ring (bicyclic) bond motifs is 4. The third-order valence-electron chi connectivity index (χ3n) is 6.88. The smallest absolute Gasteiger partial charge is 0.197 e. The summed E-state index contributed by atoms with van der Waals surface area (Å²) >= 11 is 0. The van der Waals surface area contributed by atoms with Crippen molar-refractivity contribution >= 4 is 55.8 Å². The lowest BCUT2D eigenvalue weighted by molar-refractivity contribution is 1.18. The Morgan fingerprint density at radius 3 is 1.82 bits per heavy atom. The van der Waals surface area contributed by atoms with Gasteiger partial charge >= 0.3 is 0 Å². The number of pyridine rings is 1. The molecule has 38 heavy (non-hydrogen) atoms. The highest BCUT2D eigenvalue weighted by Crippen LogP contribution is 2.31. The van der Waals surface area contributed by atoms with E-state index < -0.39 is 0 Å². The maximum absolute atomic E-state index is 13.0. The minimum absolute atomic E-state index is 0.0622. The summed E-state index contributed by atoms with van der Waals surface area (Å²) in [5, 5.41) is 18.5. The summed E-state index contributed by atoms with van der Waals surface area (Å²) in [6, 6.07) is 35.2. The van der Waals surface area contributed by atoms with Gasteiger partial charge in [0.15, 0.2) is 5.43 Å². The summed E-state index contributed by atoms with van der Waals surface area (Å²) in [4.78, 5) is 13.0. The lowest BCUT2D eigenvalue weighted by Crippen LogP contribution is -2.15. The summed E-state index contributed by atoms with van der Waals surface area (Å²) in [6.45, 7) is 0. The van der Waals surface area contributed by atoms with Crippen LogP contribution in [0, 0.1) is 10.8 Å². The minimum Gasteiger partial charge on any atom is -0.398 e. The molecule has 4 N–H and O–H groups in total. The van der Waals surface area contributed by atoms with Crippen molar-refractivity contribution < 1.29 is 0 Å². The second-order valence-corrected chi connectivity index (χ2v) is 9.13. The lowest BCUT2D eigenvalue weighted by Gasteiger charge is -2.18. The van der Waals surface area contributed by atoms with Gasteiger partial charge in [0.25, 0.3) is 0 Å². The van der Waals surface area contributed by atoms with Gasteiger partial charge in [-0.15, -0.1) is 0 Å². The molecule has 7 rings (SSSR count). The average Bonchev–Trinajstić information content (AvgIpc) is 2.97. The molecule has 182 valence electrons. The normalized spacial score (nSPS) is 12.4. The van der Waals surface area contributed by atoms with E-state index in [1.807, 2.05) is 109 Å². The van der Waals surface area contributed by atoms with E-state index in [1.54, 1.807) is 6.08 Å². The topological polar surface area (TPSA) is 95.7 Å². The Kier molecular flexibility index (Phi) is 5.66. The molecule has 0 spiro atoms. The Hall–Kier alpha value is -5.29. The Bertz CT molecular complexity index is 1940. The monoisotopic (exact) mass is 492 g/mol. The number of rotatable bonds is 1. The largest absolute Gasteiger partial charge is 0.398 e. The molecule has 0 unspecified atom stereocenters. The van der Waals surface area contributed by atoms with Crippen molar-refractivity contribution in [3.8, 4) is 5.69 Å². The molecule has 6 aromatic rings. The van der Waals surface area contributed by atoms with Crippen LogP contribution in [-0.4, -0.2) is 16.0 Å². The molecule has 0 atom stereocenters. The van der Waals surface area contributed by atoms with Gasteiger partial charge in [0.1, 0.15) is 0 Å². The van der Waals surface area contributed by atoms with Crippen LogP contribution in [0.3, 0.4) is 0 Å². The van der Waals surface area contributed by atoms with Crippen LogP contribution in [0.25, 0.3) is 44.3 Å². The Labute approximate surface area is 219 Å². The van der Waals surface area contributed by atoms with Crippen molar-refractivity contribution in [2.24, 2.45) is 0 Å². The van der Waals surface area contributed by atoms with Crippen LogP contribution in [0.4, 0.5) is 5.69 Å². The molecule has 0 fully saturated rings. The first kappa shape index (κ1) is 23.1. The molecule has 0 saturated carbocycles. The molecule has 0 aliphatic heterocycles. The minimum atomic E-state index is 0.0622. The Morgan fingerprint density at radius 1 is 0.579 bits per heavy atom. The van der Waals surface area contributed by atoms with Gasteiger partial charge in [-0.2, -0.15) is 0 Å². The van der Waals surface area contributed by atoms with Crippen molar-refractivity contribution in [3.05, 3.63) is 137 Å². The molecule has 1 aliphatic rings. The fourth-order valence-corrected chi connectivity index (χ4v) is 5.03. The van der Waals surface area contributed by atoms with Gasteiger partial charge in [-0.05, 0) is 48.0 Å². The zero-order valence-electron chi connectivity index (χ0n) is 20.5. The van der Waals surface area contributed by atoms with E-state index in [1.165, 1.54) is 0 Å². The maximum atomic E-state index is 13.0. The molecule has 5 nitrogen and oxygen atoms in total. The van der Waals surface area contributed by atoms with Gasteiger partial charge in [0.05, 0.1) is 28.1 Å². The molecule has 1 aliphatic carbocycles. The number of nitrogens with zero attached hydrogens (tertiary/aromatic N) is 1. The highest BCUT2D eigenvalue weighted by molar-refractivity contribution is 6.52. The summed E-state index contributed by atoms with van der Waals surface area (Å²) in [6.07, 6.45) is 3.53. The van der Waals surface area contributed by atoms with Crippen molar-refractivity contribution in [2.75, 3.05) is 5.73 Å². The van der Waals surface area contributed by atoms with E-state index in [0.717, 1.165) is 44.3 Å². The van der Waals surface area contributed by atoms with Crippen LogP contribution in [0.2, 0.25) is 0 Å². The summed E-state index contributed by atoms with van der Waals surface area (Å²) in [5.41, 5.74) is 12.3. The van der Waals surface area contributed by atoms with Crippen LogP contribution < -0.4 is 11.2 Å². The SMILES string of the molecule is N=C1C=Cc2ccccc2C1=N.Nc1ccc(-n2c3ccccc3c(=O)c3ccccc32)c2ccccc12. The Morgan fingerprint density at radius 2 is 1.13 bits per heavy atom. The van der Waals surface area contributed by atoms with Crippen LogP contribution in [-0.2, 0) is 0 Å². The zero-order valence-corrected chi connectivity index (χ0v) is 20.5. The van der Waals surface area contributed by atoms with Crippen LogP contribution in [0.1, 0.15) is 11.1 Å². The van der Waals surface area contributed by atoms with E-state index in [0.29, 0.717) is 16.5 Å². The molecular formula is C33H24N4O. The van der Waals surface area contributed by atoms with E-state index in [9.17, 15) is 4.79 Å². The van der Waals surface area contributed by atoms with Crippen molar-refractivity contribution in [1.82, 2.24) is 4.57 Å². The summed E-state index contributed by atoms with van der Waals surface area (Å²) in [5.74, 6) is 0. The number of hydrogen-bond donors (Lipinski definition) is 3. The predicted molar refractivity (Wildman–Crippen MR) is 159 cm³/mol. The van der Waals surface area contributed by atoms with Crippen molar-refractivity contribution in [3.63, 3.8) is 0 Å². The van der Waals surface area contributed by atoms with Gasteiger partial charge in [-0.25, -0.2) is 0 Å². The molecular weight excluding hydrogens is 468 g/mol. The molecule has 0 saturated heterocycles. The molecule has 5 heteroatoms. The molecule has 0 amide bonds. The number of allylic oxidation sites excluding steroid dienone is 1. The van der Waals surface area contributed by atoms with Crippen LogP contribution in [0.15, 0.2) is 120 Å². The number of aromatic nitrogens is 1. The van der Waals surface area contributed by atoms with Gasteiger partial charge in [-0.1, -0.05) is 78.9 Å². The first-order valence-electron chi connectivity index (χ1n) is 12.3. The first-order chi connectivity index (χ1) is 18.5. The third kappa shape index (κ3) is 3.78. The average molecular weight is 493 g/mol. The van der Waals surface area contributed by atoms with Gasteiger partial charge < -0.3 is 10.3 Å². The van der Waals surface area contributed by atoms with E-state index in [-0.39, 0.29) is 11.1 Å². The molecule has 1 aromatic heterocycles. The Balaban J connectivity index is 0.000000184. The number of para-hydroxylation sites is 2. The number of nitrogens with one attached hydrogen (secondary N) is 2. The number of nitrogens with two attached hydrogens (primary N) is 1. The highest BCUT2D eigenvalue weighted by atomic mass is 16.1. The molecule has 0 bridgehead atoms.